The molecule has 14 heavy (non-hydrogen) atoms. The van der Waals surface area contributed by atoms with E-state index in [9.17, 15) is 31.1 Å². The van der Waals surface area contributed by atoms with E-state index in [1.165, 1.54) is 0 Å². The standard InChI is InChI=1S/C6H6F6O2/c1-2-14-4(13)3(7)5(8,9)6(10,11)12/h3H,2H2,1H3. The lowest BCUT2D eigenvalue weighted by Crippen LogP contribution is -2.49. The Morgan fingerprint density at radius 3 is 2.00 bits per heavy atom. The number of hydrogen-bond donors (Lipinski definition) is 0. The van der Waals surface area contributed by atoms with E-state index in [-0.39, 0.29) is 0 Å². The number of rotatable bonds is 3. The van der Waals surface area contributed by atoms with Gasteiger partial charge in [0.25, 0.3) is 6.17 Å². The zero-order valence-electron chi connectivity index (χ0n) is 6.87. The predicted octanol–water partition coefficient (Wildman–Crippen LogP) is 2.09. The van der Waals surface area contributed by atoms with Gasteiger partial charge in [-0.25, -0.2) is 9.18 Å². The third-order valence-corrected chi connectivity index (χ3v) is 1.19. The Bertz CT molecular complexity index is 211. The van der Waals surface area contributed by atoms with Crippen LogP contribution >= 0.6 is 0 Å². The smallest absolute Gasteiger partial charge is 0.457 e. The minimum Gasteiger partial charge on any atom is -0.464 e. The van der Waals surface area contributed by atoms with Crippen molar-refractivity contribution in [2.24, 2.45) is 0 Å². The quantitative estimate of drug-likeness (QED) is 0.542. The molecule has 84 valence electrons. The summed E-state index contributed by atoms with van der Waals surface area (Å²) in [5.41, 5.74) is 0. The zero-order chi connectivity index (χ0) is 11.6. The van der Waals surface area contributed by atoms with Crippen LogP contribution in [0.2, 0.25) is 0 Å². The first-order chi connectivity index (χ1) is 6.14. The Morgan fingerprint density at radius 1 is 1.29 bits per heavy atom. The summed E-state index contributed by atoms with van der Waals surface area (Å²) in [5, 5.41) is 0. The molecule has 0 heterocycles. The Balaban J connectivity index is 4.66. The number of carbonyl (C=O) groups excluding carboxylic acids is 1. The molecule has 0 aromatic rings. The summed E-state index contributed by atoms with van der Waals surface area (Å²) < 4.78 is 74.7. The van der Waals surface area contributed by atoms with Crippen molar-refractivity contribution < 1.29 is 35.9 Å². The van der Waals surface area contributed by atoms with E-state index in [4.69, 9.17) is 0 Å². The van der Waals surface area contributed by atoms with Crippen molar-refractivity contribution in [1.29, 1.82) is 0 Å². The molecule has 8 heteroatoms. The van der Waals surface area contributed by atoms with Gasteiger partial charge in [-0.1, -0.05) is 0 Å². The second-order valence-corrected chi connectivity index (χ2v) is 2.24. The van der Waals surface area contributed by atoms with Crippen LogP contribution in [0.25, 0.3) is 0 Å². The van der Waals surface area contributed by atoms with E-state index in [2.05, 4.69) is 4.74 Å². The topological polar surface area (TPSA) is 26.3 Å². The van der Waals surface area contributed by atoms with Gasteiger partial charge in [0.15, 0.2) is 0 Å². The van der Waals surface area contributed by atoms with Gasteiger partial charge in [-0.2, -0.15) is 22.0 Å². The van der Waals surface area contributed by atoms with Crippen LogP contribution in [-0.2, 0) is 9.53 Å². The fraction of sp³-hybridized carbons (Fsp3) is 0.833. The fourth-order valence-corrected chi connectivity index (χ4v) is 0.507. The second kappa shape index (κ2) is 4.05. The van der Waals surface area contributed by atoms with Gasteiger partial charge >= 0.3 is 18.1 Å². The van der Waals surface area contributed by atoms with Gasteiger partial charge in [0.2, 0.25) is 0 Å². The molecule has 1 unspecified atom stereocenters. The highest BCUT2D eigenvalue weighted by molar-refractivity contribution is 5.75. The second-order valence-electron chi connectivity index (χ2n) is 2.24. The fourth-order valence-electron chi connectivity index (χ4n) is 0.507. The lowest BCUT2D eigenvalue weighted by atomic mass is 10.2. The summed E-state index contributed by atoms with van der Waals surface area (Å²) in [7, 11) is 0. The van der Waals surface area contributed by atoms with Crippen LogP contribution in [0.15, 0.2) is 0 Å². The van der Waals surface area contributed by atoms with Crippen LogP contribution < -0.4 is 0 Å². The van der Waals surface area contributed by atoms with Crippen molar-refractivity contribution in [3.8, 4) is 0 Å². The summed E-state index contributed by atoms with van der Waals surface area (Å²) in [6, 6.07) is 0. The number of hydrogen-bond acceptors (Lipinski definition) is 2. The van der Waals surface area contributed by atoms with Gasteiger partial charge in [-0.3, -0.25) is 0 Å². The molecule has 0 amide bonds. The zero-order valence-corrected chi connectivity index (χ0v) is 6.87. The van der Waals surface area contributed by atoms with Crippen LogP contribution in [0.3, 0.4) is 0 Å². The Kier molecular flexibility index (Phi) is 3.78. The monoisotopic (exact) mass is 224 g/mol. The third-order valence-electron chi connectivity index (χ3n) is 1.19. The van der Waals surface area contributed by atoms with Gasteiger partial charge in [0, 0.05) is 0 Å². The van der Waals surface area contributed by atoms with Crippen LogP contribution in [0.4, 0.5) is 26.3 Å². The Hall–Kier alpha value is -0.950. The molecule has 0 spiro atoms. The number of alkyl halides is 6. The van der Waals surface area contributed by atoms with Gasteiger partial charge in [0.05, 0.1) is 6.61 Å². The number of halogens is 6. The molecule has 0 aliphatic carbocycles. The maximum Gasteiger partial charge on any atom is 0.457 e. The van der Waals surface area contributed by atoms with E-state index in [0.29, 0.717) is 0 Å². The highest BCUT2D eigenvalue weighted by atomic mass is 19.4. The highest BCUT2D eigenvalue weighted by Crippen LogP contribution is 2.39. The molecule has 0 bridgehead atoms. The molecule has 0 aliphatic rings. The van der Waals surface area contributed by atoms with Gasteiger partial charge in [-0.15, -0.1) is 0 Å². The Morgan fingerprint density at radius 2 is 1.71 bits per heavy atom. The first kappa shape index (κ1) is 13.0. The van der Waals surface area contributed by atoms with E-state index in [0.717, 1.165) is 6.92 Å². The highest BCUT2D eigenvalue weighted by Gasteiger charge is 2.66. The maximum absolute atomic E-state index is 12.3. The van der Waals surface area contributed by atoms with Crippen molar-refractivity contribution >= 4 is 5.97 Å². The summed E-state index contributed by atoms with van der Waals surface area (Å²) in [4.78, 5) is 10.3. The van der Waals surface area contributed by atoms with Gasteiger partial charge in [-0.05, 0) is 6.92 Å². The number of ether oxygens (including phenoxy) is 1. The summed E-state index contributed by atoms with van der Waals surface area (Å²) in [6.07, 6.45) is -10.1. The molecule has 0 aromatic heterocycles. The largest absolute Gasteiger partial charge is 0.464 e. The van der Waals surface area contributed by atoms with Gasteiger partial charge < -0.3 is 4.74 Å². The van der Waals surface area contributed by atoms with Crippen LogP contribution in [0.5, 0.6) is 0 Å². The van der Waals surface area contributed by atoms with Crippen molar-refractivity contribution in [3.63, 3.8) is 0 Å². The van der Waals surface area contributed by atoms with Gasteiger partial charge in [0.1, 0.15) is 0 Å². The molecule has 0 aromatic carbocycles. The van der Waals surface area contributed by atoms with Crippen molar-refractivity contribution in [2.75, 3.05) is 6.61 Å². The van der Waals surface area contributed by atoms with Crippen molar-refractivity contribution in [3.05, 3.63) is 0 Å². The van der Waals surface area contributed by atoms with Crippen LogP contribution in [0.1, 0.15) is 6.92 Å². The average Bonchev–Trinajstić information content (AvgIpc) is 2.01. The molecule has 1 atom stereocenters. The van der Waals surface area contributed by atoms with Crippen molar-refractivity contribution in [2.45, 2.75) is 25.2 Å². The summed E-state index contributed by atoms with van der Waals surface area (Å²) in [6.45, 7) is 0.670. The summed E-state index contributed by atoms with van der Waals surface area (Å²) in [5.74, 6) is -7.95. The van der Waals surface area contributed by atoms with E-state index in [1.54, 1.807) is 0 Å². The Labute approximate surface area is 74.8 Å². The molecular formula is C6H6F6O2. The molecular weight excluding hydrogens is 218 g/mol. The molecule has 0 N–H and O–H groups in total. The minimum atomic E-state index is -6.11. The molecule has 0 radical (unpaired) electrons. The number of esters is 1. The lowest BCUT2D eigenvalue weighted by molar-refractivity contribution is -0.301. The SMILES string of the molecule is CCOC(=O)C(F)C(F)(F)C(F)(F)F. The normalized spacial score (nSPS) is 15.1. The molecule has 2 nitrogen and oxygen atoms in total. The molecule has 0 saturated carbocycles. The van der Waals surface area contributed by atoms with E-state index < -0.39 is 30.8 Å². The maximum atomic E-state index is 12.3. The van der Waals surface area contributed by atoms with Crippen LogP contribution in [-0.4, -0.2) is 30.8 Å². The van der Waals surface area contributed by atoms with E-state index in [1.807, 2.05) is 0 Å². The first-order valence-corrected chi connectivity index (χ1v) is 3.39. The van der Waals surface area contributed by atoms with Crippen molar-refractivity contribution in [1.82, 2.24) is 0 Å². The third kappa shape index (κ3) is 2.52. The minimum absolute atomic E-state index is 0.479. The molecule has 0 rings (SSSR count). The molecule has 0 saturated heterocycles. The van der Waals surface area contributed by atoms with E-state index >= 15 is 0 Å². The molecule has 0 aliphatic heterocycles. The predicted molar refractivity (Wildman–Crippen MR) is 32.5 cm³/mol. The first-order valence-electron chi connectivity index (χ1n) is 3.39. The average molecular weight is 224 g/mol. The molecule has 0 fully saturated rings. The number of carbonyl (C=O) groups is 1. The summed E-state index contributed by atoms with van der Waals surface area (Å²) >= 11 is 0. The lowest BCUT2D eigenvalue weighted by Gasteiger charge is -2.21. The van der Waals surface area contributed by atoms with Crippen LogP contribution in [0, 0.1) is 0 Å².